The van der Waals surface area contributed by atoms with Gasteiger partial charge in [0, 0.05) is 0 Å². The Morgan fingerprint density at radius 3 is 2.47 bits per heavy atom. The standard InChI is InChI=1S/C13H7FINO/c14-11-3-1-9(2-4-11)10(8-16)7-12-5-6-13(15)17-12/h1-7H/b10-7+. The SMILES string of the molecule is N#C/C(=C\c1ccc(I)o1)c1ccc(F)cc1. The molecule has 1 aromatic carbocycles. The van der Waals surface area contributed by atoms with Gasteiger partial charge in [0.1, 0.15) is 11.6 Å². The van der Waals surface area contributed by atoms with Gasteiger partial charge in [-0.1, -0.05) is 12.1 Å². The van der Waals surface area contributed by atoms with Crippen LogP contribution < -0.4 is 0 Å². The molecular weight excluding hydrogens is 332 g/mol. The Morgan fingerprint density at radius 2 is 1.94 bits per heavy atom. The van der Waals surface area contributed by atoms with Crippen LogP contribution in [-0.2, 0) is 0 Å². The predicted molar refractivity (Wildman–Crippen MR) is 71.3 cm³/mol. The number of nitriles is 1. The molecule has 0 saturated heterocycles. The van der Waals surface area contributed by atoms with Gasteiger partial charge >= 0.3 is 0 Å². The lowest BCUT2D eigenvalue weighted by atomic mass is 10.1. The number of nitrogens with zero attached hydrogens (tertiary/aromatic N) is 1. The number of benzene rings is 1. The average Bonchev–Trinajstić information content (AvgIpc) is 2.73. The third-order valence-corrected chi connectivity index (χ3v) is 2.74. The van der Waals surface area contributed by atoms with Gasteiger partial charge in [0.2, 0.25) is 0 Å². The summed E-state index contributed by atoms with van der Waals surface area (Å²) >= 11 is 2.05. The minimum atomic E-state index is -0.321. The molecule has 0 bridgehead atoms. The highest BCUT2D eigenvalue weighted by molar-refractivity contribution is 14.1. The van der Waals surface area contributed by atoms with Crippen molar-refractivity contribution in [2.24, 2.45) is 0 Å². The second-order valence-electron chi connectivity index (χ2n) is 3.32. The minimum Gasteiger partial charge on any atom is -0.451 e. The molecule has 84 valence electrons. The van der Waals surface area contributed by atoms with E-state index >= 15 is 0 Å². The maximum absolute atomic E-state index is 12.8. The highest BCUT2D eigenvalue weighted by Gasteiger charge is 2.03. The van der Waals surface area contributed by atoms with Crippen LogP contribution in [0, 0.1) is 20.9 Å². The molecule has 0 aliphatic rings. The third kappa shape index (κ3) is 2.94. The first-order valence-corrected chi connectivity index (χ1v) is 5.90. The molecule has 0 aliphatic carbocycles. The normalized spacial score (nSPS) is 11.2. The first kappa shape index (κ1) is 11.9. The van der Waals surface area contributed by atoms with E-state index in [1.54, 1.807) is 24.3 Å². The van der Waals surface area contributed by atoms with Crippen molar-refractivity contribution in [2.75, 3.05) is 0 Å². The van der Waals surface area contributed by atoms with E-state index in [-0.39, 0.29) is 5.82 Å². The predicted octanol–water partition coefficient (Wildman–Crippen LogP) is 4.09. The molecule has 0 spiro atoms. The van der Waals surface area contributed by atoms with Gasteiger partial charge in [-0.2, -0.15) is 5.26 Å². The molecule has 1 heterocycles. The van der Waals surface area contributed by atoms with Gasteiger partial charge in [-0.05, 0) is 58.5 Å². The summed E-state index contributed by atoms with van der Waals surface area (Å²) in [5.41, 5.74) is 1.11. The number of furan rings is 1. The van der Waals surface area contributed by atoms with E-state index in [1.165, 1.54) is 12.1 Å². The molecular formula is C13H7FINO. The summed E-state index contributed by atoms with van der Waals surface area (Å²) in [4.78, 5) is 0. The van der Waals surface area contributed by atoms with Crippen LogP contribution in [0.15, 0.2) is 40.8 Å². The van der Waals surface area contributed by atoms with Crippen molar-refractivity contribution in [3.63, 3.8) is 0 Å². The van der Waals surface area contributed by atoms with Gasteiger partial charge in [-0.3, -0.25) is 0 Å². The molecule has 0 aliphatic heterocycles. The van der Waals surface area contributed by atoms with Crippen molar-refractivity contribution in [3.05, 3.63) is 57.3 Å². The summed E-state index contributed by atoms with van der Waals surface area (Å²) in [5.74, 6) is 0.286. The topological polar surface area (TPSA) is 36.9 Å². The molecule has 0 radical (unpaired) electrons. The Bertz CT molecular complexity index is 593. The Labute approximate surface area is 112 Å². The lowest BCUT2D eigenvalue weighted by Gasteiger charge is -1.97. The van der Waals surface area contributed by atoms with Gasteiger partial charge < -0.3 is 4.42 Å². The van der Waals surface area contributed by atoms with E-state index in [2.05, 4.69) is 28.7 Å². The zero-order valence-corrected chi connectivity index (χ0v) is 10.8. The zero-order chi connectivity index (χ0) is 12.3. The fourth-order valence-electron chi connectivity index (χ4n) is 1.36. The summed E-state index contributed by atoms with van der Waals surface area (Å²) in [5, 5.41) is 9.06. The van der Waals surface area contributed by atoms with Crippen LogP contribution in [0.25, 0.3) is 11.6 Å². The Balaban J connectivity index is 2.37. The van der Waals surface area contributed by atoms with E-state index in [0.29, 0.717) is 16.9 Å². The van der Waals surface area contributed by atoms with Crippen LogP contribution in [0.2, 0.25) is 0 Å². The van der Waals surface area contributed by atoms with Crippen molar-refractivity contribution >= 4 is 34.2 Å². The summed E-state index contributed by atoms with van der Waals surface area (Å²) in [6.45, 7) is 0. The zero-order valence-electron chi connectivity index (χ0n) is 8.65. The van der Waals surface area contributed by atoms with Gasteiger partial charge in [-0.15, -0.1) is 0 Å². The van der Waals surface area contributed by atoms with E-state index in [4.69, 9.17) is 9.68 Å². The second-order valence-corrected chi connectivity index (χ2v) is 4.38. The fourth-order valence-corrected chi connectivity index (χ4v) is 1.79. The van der Waals surface area contributed by atoms with E-state index in [0.717, 1.165) is 3.77 Å². The number of hydrogen-bond donors (Lipinski definition) is 0. The molecule has 0 N–H and O–H groups in total. The lowest BCUT2D eigenvalue weighted by molar-refractivity contribution is 0.528. The number of allylic oxidation sites excluding steroid dienone is 1. The van der Waals surface area contributed by atoms with Gasteiger partial charge in [0.25, 0.3) is 0 Å². The van der Waals surface area contributed by atoms with Crippen molar-refractivity contribution in [1.82, 2.24) is 0 Å². The molecule has 0 amide bonds. The number of rotatable bonds is 2. The van der Waals surface area contributed by atoms with E-state index in [1.807, 2.05) is 6.07 Å². The van der Waals surface area contributed by atoms with Crippen LogP contribution in [0.4, 0.5) is 4.39 Å². The monoisotopic (exact) mass is 339 g/mol. The summed E-state index contributed by atoms with van der Waals surface area (Å²) in [7, 11) is 0. The Kier molecular flexibility index (Phi) is 3.59. The fraction of sp³-hybridized carbons (Fsp3) is 0. The third-order valence-electron chi connectivity index (χ3n) is 2.16. The second kappa shape index (κ2) is 5.15. The van der Waals surface area contributed by atoms with Gasteiger partial charge in [0.15, 0.2) is 3.77 Å². The molecule has 4 heteroatoms. The van der Waals surface area contributed by atoms with Crippen LogP contribution in [0.5, 0.6) is 0 Å². The molecule has 17 heavy (non-hydrogen) atoms. The van der Waals surface area contributed by atoms with Crippen molar-refractivity contribution in [1.29, 1.82) is 5.26 Å². The molecule has 1 aromatic heterocycles. The highest BCUT2D eigenvalue weighted by Crippen LogP contribution is 2.20. The summed E-state index contributed by atoms with van der Waals surface area (Å²) in [6.07, 6.45) is 1.63. The minimum absolute atomic E-state index is 0.321. The van der Waals surface area contributed by atoms with E-state index < -0.39 is 0 Å². The van der Waals surface area contributed by atoms with Crippen molar-refractivity contribution in [3.8, 4) is 6.07 Å². The van der Waals surface area contributed by atoms with Crippen LogP contribution >= 0.6 is 22.6 Å². The smallest absolute Gasteiger partial charge is 0.164 e. The van der Waals surface area contributed by atoms with Crippen LogP contribution in [-0.4, -0.2) is 0 Å². The quantitative estimate of drug-likeness (QED) is 0.611. The molecule has 0 saturated carbocycles. The summed E-state index contributed by atoms with van der Waals surface area (Å²) < 4.78 is 18.9. The van der Waals surface area contributed by atoms with Gasteiger partial charge in [0.05, 0.1) is 11.6 Å². The maximum Gasteiger partial charge on any atom is 0.164 e. The average molecular weight is 339 g/mol. The highest BCUT2D eigenvalue weighted by atomic mass is 127. The molecule has 0 atom stereocenters. The lowest BCUT2D eigenvalue weighted by Crippen LogP contribution is -1.82. The molecule has 2 rings (SSSR count). The number of halogens is 2. The van der Waals surface area contributed by atoms with Gasteiger partial charge in [-0.25, -0.2) is 4.39 Å². The first-order chi connectivity index (χ1) is 8.19. The van der Waals surface area contributed by atoms with Crippen LogP contribution in [0.3, 0.4) is 0 Å². The van der Waals surface area contributed by atoms with Crippen LogP contribution in [0.1, 0.15) is 11.3 Å². The first-order valence-electron chi connectivity index (χ1n) is 4.82. The largest absolute Gasteiger partial charge is 0.451 e. The Hall–Kier alpha value is -1.61. The van der Waals surface area contributed by atoms with E-state index in [9.17, 15) is 4.39 Å². The Morgan fingerprint density at radius 1 is 1.24 bits per heavy atom. The molecule has 0 fully saturated rings. The number of hydrogen-bond acceptors (Lipinski definition) is 2. The molecule has 2 aromatic rings. The molecule has 0 unspecified atom stereocenters. The molecule has 2 nitrogen and oxygen atoms in total. The van der Waals surface area contributed by atoms with Crippen molar-refractivity contribution < 1.29 is 8.81 Å². The summed E-state index contributed by atoms with van der Waals surface area (Å²) in [6, 6.07) is 11.5. The maximum atomic E-state index is 12.8. The van der Waals surface area contributed by atoms with Crippen molar-refractivity contribution in [2.45, 2.75) is 0 Å².